The highest BCUT2D eigenvalue weighted by Crippen LogP contribution is 2.39. The highest BCUT2D eigenvalue weighted by Gasteiger charge is 2.18. The number of nitrogens with zero attached hydrogens (tertiary/aromatic N) is 1. The van der Waals surface area contributed by atoms with Gasteiger partial charge in [-0.05, 0) is 66.1 Å². The van der Waals surface area contributed by atoms with E-state index in [4.69, 9.17) is 21.6 Å². The first-order valence-corrected chi connectivity index (χ1v) is 10.9. The van der Waals surface area contributed by atoms with E-state index in [0.717, 1.165) is 27.9 Å². The van der Waals surface area contributed by atoms with Crippen LogP contribution < -0.4 is 21.5 Å². The third kappa shape index (κ3) is 5.20. The van der Waals surface area contributed by atoms with Gasteiger partial charge in [-0.1, -0.05) is 43.0 Å². The van der Waals surface area contributed by atoms with Crippen LogP contribution in [0.3, 0.4) is 0 Å². The van der Waals surface area contributed by atoms with Crippen LogP contribution in [0.5, 0.6) is 11.6 Å². The summed E-state index contributed by atoms with van der Waals surface area (Å²) in [7, 11) is 0. The summed E-state index contributed by atoms with van der Waals surface area (Å²) < 4.78 is 5.88. The van der Waals surface area contributed by atoms with Crippen LogP contribution in [-0.2, 0) is 4.79 Å². The average molecular weight is 464 g/mol. The van der Waals surface area contributed by atoms with Crippen LogP contribution in [0.25, 0.3) is 22.3 Å². The van der Waals surface area contributed by atoms with Crippen molar-refractivity contribution in [1.82, 2.24) is 4.98 Å². The number of ether oxygens (including phenoxy) is 1. The molecule has 0 bridgehead atoms. The lowest BCUT2D eigenvalue weighted by Gasteiger charge is -2.18. The minimum Gasteiger partial charge on any atom is -0.439 e. The molecule has 7 heteroatoms. The SMILES string of the molecule is C=CC(=O)Nc1ccc(-c2ccc(N)c(C(=N)N)c2-c2ccc(Oc3cccc(C)n3)cc2)cc1. The molecule has 0 unspecified atom stereocenters. The van der Waals surface area contributed by atoms with Crippen molar-refractivity contribution in [2.24, 2.45) is 5.73 Å². The summed E-state index contributed by atoms with van der Waals surface area (Å²) in [6, 6.07) is 24.1. The molecule has 0 radical (unpaired) electrons. The lowest BCUT2D eigenvalue weighted by Crippen LogP contribution is -2.15. The van der Waals surface area contributed by atoms with E-state index in [1.165, 1.54) is 6.08 Å². The Hall–Kier alpha value is -4.91. The number of aromatic nitrogens is 1. The fourth-order valence-electron chi connectivity index (χ4n) is 3.76. The van der Waals surface area contributed by atoms with Gasteiger partial charge >= 0.3 is 0 Å². The number of rotatable bonds is 7. The van der Waals surface area contributed by atoms with Crippen LogP contribution in [0.4, 0.5) is 11.4 Å². The van der Waals surface area contributed by atoms with Crippen LogP contribution in [0, 0.1) is 12.3 Å². The van der Waals surface area contributed by atoms with E-state index in [1.54, 1.807) is 24.3 Å². The number of carbonyl (C=O) groups is 1. The zero-order valence-electron chi connectivity index (χ0n) is 19.2. The largest absolute Gasteiger partial charge is 0.439 e. The topological polar surface area (TPSA) is 127 Å². The zero-order valence-corrected chi connectivity index (χ0v) is 19.2. The molecule has 35 heavy (non-hydrogen) atoms. The van der Waals surface area contributed by atoms with Gasteiger partial charge in [0.05, 0.1) is 0 Å². The molecule has 4 rings (SSSR count). The molecule has 6 N–H and O–H groups in total. The molecule has 1 aromatic heterocycles. The van der Waals surface area contributed by atoms with E-state index in [0.29, 0.717) is 28.6 Å². The monoisotopic (exact) mass is 463 g/mol. The molecular weight excluding hydrogens is 438 g/mol. The number of aryl methyl sites for hydroxylation is 1. The van der Waals surface area contributed by atoms with Gasteiger partial charge in [0.1, 0.15) is 11.6 Å². The van der Waals surface area contributed by atoms with Gasteiger partial charge < -0.3 is 21.5 Å². The van der Waals surface area contributed by atoms with E-state index in [-0.39, 0.29) is 11.7 Å². The number of pyridine rings is 1. The summed E-state index contributed by atoms with van der Waals surface area (Å²) in [5, 5.41) is 10.9. The first kappa shape index (κ1) is 23.3. The van der Waals surface area contributed by atoms with Gasteiger partial charge in [-0.25, -0.2) is 4.98 Å². The Kier molecular flexibility index (Phi) is 6.59. The molecule has 7 nitrogen and oxygen atoms in total. The third-order valence-corrected chi connectivity index (χ3v) is 5.38. The quantitative estimate of drug-likeness (QED) is 0.124. The maximum absolute atomic E-state index is 11.6. The normalized spacial score (nSPS) is 10.4. The minimum absolute atomic E-state index is 0.126. The minimum atomic E-state index is -0.284. The van der Waals surface area contributed by atoms with Crippen LogP contribution in [0.1, 0.15) is 11.3 Å². The number of nitrogens with two attached hydrogens (primary N) is 2. The van der Waals surface area contributed by atoms with Gasteiger partial charge in [-0.3, -0.25) is 10.2 Å². The van der Waals surface area contributed by atoms with Crippen molar-refractivity contribution in [3.8, 4) is 33.9 Å². The first-order chi connectivity index (χ1) is 16.9. The number of amidine groups is 1. The van der Waals surface area contributed by atoms with E-state index >= 15 is 0 Å². The first-order valence-electron chi connectivity index (χ1n) is 10.9. The fraction of sp³-hybridized carbons (Fsp3) is 0.0357. The number of nitrogen functional groups attached to an aromatic ring is 2. The van der Waals surface area contributed by atoms with Crippen LogP contribution >= 0.6 is 0 Å². The van der Waals surface area contributed by atoms with Crippen molar-refractivity contribution in [1.29, 1.82) is 5.41 Å². The molecule has 0 aliphatic carbocycles. The second-order valence-corrected chi connectivity index (χ2v) is 7.88. The number of benzene rings is 3. The Bertz CT molecular complexity index is 1410. The molecule has 0 aliphatic heterocycles. The van der Waals surface area contributed by atoms with Crippen molar-refractivity contribution in [2.45, 2.75) is 6.92 Å². The van der Waals surface area contributed by atoms with E-state index < -0.39 is 0 Å². The average Bonchev–Trinajstić information content (AvgIpc) is 2.84. The number of amides is 1. The van der Waals surface area contributed by atoms with Gasteiger partial charge in [0.25, 0.3) is 0 Å². The van der Waals surface area contributed by atoms with Gasteiger partial charge in [0.15, 0.2) is 0 Å². The standard InChI is InChI=1S/C28H25N5O2/c1-3-24(34)33-20-11-7-18(8-12-20)22-15-16-23(29)27(28(30)31)26(22)19-9-13-21(14-10-19)35-25-6-4-5-17(2)32-25/h3-16H,1,29H2,2H3,(H3,30,31)(H,33,34). The van der Waals surface area contributed by atoms with Crippen molar-refractivity contribution in [2.75, 3.05) is 11.1 Å². The molecule has 0 saturated carbocycles. The smallest absolute Gasteiger partial charge is 0.247 e. The summed E-state index contributed by atoms with van der Waals surface area (Å²) in [6.07, 6.45) is 1.22. The van der Waals surface area contributed by atoms with Crippen molar-refractivity contribution >= 4 is 23.1 Å². The van der Waals surface area contributed by atoms with Crippen LogP contribution in [-0.4, -0.2) is 16.7 Å². The molecule has 174 valence electrons. The van der Waals surface area contributed by atoms with Crippen molar-refractivity contribution in [3.63, 3.8) is 0 Å². The van der Waals surface area contributed by atoms with E-state index in [1.807, 2.05) is 61.5 Å². The van der Waals surface area contributed by atoms with E-state index in [2.05, 4.69) is 16.9 Å². The summed E-state index contributed by atoms with van der Waals surface area (Å²) in [6.45, 7) is 5.37. The third-order valence-electron chi connectivity index (χ3n) is 5.38. The molecule has 0 aliphatic rings. The predicted molar refractivity (Wildman–Crippen MR) is 141 cm³/mol. The Morgan fingerprint density at radius 2 is 1.69 bits per heavy atom. The second kappa shape index (κ2) is 9.93. The molecule has 4 aromatic rings. The van der Waals surface area contributed by atoms with Gasteiger partial charge in [-0.15, -0.1) is 0 Å². The molecule has 0 saturated heterocycles. The Morgan fingerprint density at radius 3 is 2.31 bits per heavy atom. The number of hydrogen-bond donors (Lipinski definition) is 4. The molecule has 0 fully saturated rings. The number of hydrogen-bond acceptors (Lipinski definition) is 5. The van der Waals surface area contributed by atoms with Gasteiger partial charge in [0, 0.05) is 34.3 Å². The number of carbonyl (C=O) groups excluding carboxylic acids is 1. The molecule has 1 heterocycles. The zero-order chi connectivity index (χ0) is 24.9. The van der Waals surface area contributed by atoms with Crippen molar-refractivity contribution in [3.05, 3.63) is 103 Å². The summed E-state index contributed by atoms with van der Waals surface area (Å²) in [5.41, 5.74) is 17.9. The number of anilines is 2. The van der Waals surface area contributed by atoms with Crippen LogP contribution in [0.15, 0.2) is 91.5 Å². The molecule has 1 amide bonds. The maximum Gasteiger partial charge on any atom is 0.247 e. The highest BCUT2D eigenvalue weighted by molar-refractivity contribution is 6.09. The number of nitrogens with one attached hydrogen (secondary N) is 2. The van der Waals surface area contributed by atoms with Gasteiger partial charge in [0.2, 0.25) is 11.8 Å². The van der Waals surface area contributed by atoms with E-state index in [9.17, 15) is 4.79 Å². The Morgan fingerprint density at radius 1 is 1.00 bits per heavy atom. The lowest BCUT2D eigenvalue weighted by molar-refractivity contribution is -0.111. The van der Waals surface area contributed by atoms with Crippen LogP contribution in [0.2, 0.25) is 0 Å². The second-order valence-electron chi connectivity index (χ2n) is 7.88. The molecular formula is C28H25N5O2. The summed E-state index contributed by atoms with van der Waals surface area (Å²) >= 11 is 0. The molecule has 3 aromatic carbocycles. The Labute approximate surface area is 203 Å². The highest BCUT2D eigenvalue weighted by atomic mass is 16.5. The fourth-order valence-corrected chi connectivity index (χ4v) is 3.76. The molecule has 0 atom stereocenters. The summed E-state index contributed by atoms with van der Waals surface area (Å²) in [5.74, 6) is 0.728. The van der Waals surface area contributed by atoms with Gasteiger partial charge in [-0.2, -0.15) is 0 Å². The Balaban J connectivity index is 1.74. The predicted octanol–water partition coefficient (Wildman–Crippen LogP) is 5.51. The lowest BCUT2D eigenvalue weighted by atomic mass is 9.89. The molecule has 0 spiro atoms. The summed E-state index contributed by atoms with van der Waals surface area (Å²) in [4.78, 5) is 16.0. The maximum atomic E-state index is 11.6. The van der Waals surface area contributed by atoms with Crippen molar-refractivity contribution < 1.29 is 9.53 Å².